The largest absolute Gasteiger partial charge is 0.352 e. The van der Waals surface area contributed by atoms with Gasteiger partial charge in [-0.25, -0.2) is 4.68 Å². The van der Waals surface area contributed by atoms with E-state index in [1.807, 2.05) is 29.9 Å². The number of hydrogen-bond acceptors (Lipinski definition) is 3. The monoisotopic (exact) mass is 363 g/mol. The zero-order valence-corrected chi connectivity index (χ0v) is 15.2. The molecule has 2 aliphatic rings. The number of rotatable bonds is 4. The Bertz CT molecular complexity index is 1060. The molecule has 0 atom stereocenters. The predicted octanol–water partition coefficient (Wildman–Crippen LogP) is 2.06. The molecule has 138 valence electrons. The molecule has 1 saturated carbocycles. The fraction of sp³-hybridized carbons (Fsp3) is 0.350. The first kappa shape index (κ1) is 16.1. The highest BCUT2D eigenvalue weighted by atomic mass is 16.2. The van der Waals surface area contributed by atoms with E-state index in [0.29, 0.717) is 18.8 Å². The van der Waals surface area contributed by atoms with E-state index in [2.05, 4.69) is 28.2 Å². The molecule has 0 spiro atoms. The van der Waals surface area contributed by atoms with Crippen LogP contribution in [0.3, 0.4) is 0 Å². The molecule has 2 aromatic heterocycles. The van der Waals surface area contributed by atoms with Crippen LogP contribution in [0, 0.1) is 0 Å². The topological polar surface area (TPSA) is 72.2 Å². The van der Waals surface area contributed by atoms with E-state index in [0.717, 1.165) is 35.0 Å². The summed E-state index contributed by atoms with van der Waals surface area (Å²) >= 11 is 0. The van der Waals surface area contributed by atoms with E-state index in [1.54, 1.807) is 4.90 Å². The van der Waals surface area contributed by atoms with E-state index in [-0.39, 0.29) is 24.4 Å². The van der Waals surface area contributed by atoms with Crippen molar-refractivity contribution in [2.45, 2.75) is 31.8 Å². The summed E-state index contributed by atoms with van der Waals surface area (Å²) in [5.41, 5.74) is 2.99. The molecule has 1 aromatic carbocycles. The molecular weight excluding hydrogens is 342 g/mol. The summed E-state index contributed by atoms with van der Waals surface area (Å²) < 4.78 is 3.91. The number of carbonyl (C=O) groups excluding carboxylic acids is 2. The number of hydrogen-bond donors (Lipinski definition) is 1. The van der Waals surface area contributed by atoms with Gasteiger partial charge in [0.1, 0.15) is 12.4 Å². The highest BCUT2D eigenvalue weighted by Crippen LogP contribution is 2.33. The predicted molar refractivity (Wildman–Crippen MR) is 102 cm³/mol. The number of aromatic nitrogens is 3. The van der Waals surface area contributed by atoms with E-state index < -0.39 is 0 Å². The van der Waals surface area contributed by atoms with Crippen molar-refractivity contribution in [3.8, 4) is 11.3 Å². The third-order valence-corrected chi connectivity index (χ3v) is 5.29. The van der Waals surface area contributed by atoms with Crippen LogP contribution in [-0.4, -0.2) is 38.7 Å². The number of aryl methyl sites for hydroxylation is 2. The summed E-state index contributed by atoms with van der Waals surface area (Å²) in [6.45, 7) is 0.593. The maximum atomic E-state index is 12.5. The molecule has 7 nitrogen and oxygen atoms in total. The van der Waals surface area contributed by atoms with Crippen LogP contribution in [-0.2, 0) is 23.2 Å². The molecule has 1 aliphatic carbocycles. The smallest absolute Gasteiger partial charge is 0.240 e. The van der Waals surface area contributed by atoms with Crippen molar-refractivity contribution >= 4 is 28.5 Å². The van der Waals surface area contributed by atoms with Crippen molar-refractivity contribution in [3.05, 3.63) is 36.5 Å². The maximum absolute atomic E-state index is 12.5. The average Bonchev–Trinajstić information content (AvgIpc) is 3.25. The van der Waals surface area contributed by atoms with E-state index in [4.69, 9.17) is 5.10 Å². The van der Waals surface area contributed by atoms with Crippen molar-refractivity contribution in [3.63, 3.8) is 0 Å². The molecule has 0 unspecified atom stereocenters. The fourth-order valence-electron chi connectivity index (χ4n) is 3.74. The number of anilines is 1. The van der Waals surface area contributed by atoms with Gasteiger partial charge in [-0.3, -0.25) is 14.5 Å². The molecule has 7 heteroatoms. The van der Waals surface area contributed by atoms with E-state index in [1.165, 1.54) is 0 Å². The Balaban J connectivity index is 1.51. The van der Waals surface area contributed by atoms with Gasteiger partial charge in [0.2, 0.25) is 11.8 Å². The van der Waals surface area contributed by atoms with Crippen molar-refractivity contribution in [2.75, 3.05) is 11.4 Å². The van der Waals surface area contributed by atoms with Crippen LogP contribution in [0.1, 0.15) is 19.3 Å². The number of amides is 2. The van der Waals surface area contributed by atoms with Gasteiger partial charge in [0, 0.05) is 48.2 Å². The number of nitrogens with one attached hydrogen (secondary N) is 1. The lowest BCUT2D eigenvalue weighted by Crippen LogP contribution is -2.44. The van der Waals surface area contributed by atoms with Crippen LogP contribution in [0.25, 0.3) is 22.2 Å². The summed E-state index contributed by atoms with van der Waals surface area (Å²) in [6, 6.07) is 10.4. The van der Waals surface area contributed by atoms with Crippen molar-refractivity contribution in [2.24, 2.45) is 7.05 Å². The van der Waals surface area contributed by atoms with Crippen LogP contribution in [0.5, 0.6) is 0 Å². The van der Waals surface area contributed by atoms with Crippen molar-refractivity contribution in [1.29, 1.82) is 0 Å². The number of benzene rings is 1. The molecule has 0 saturated heterocycles. The van der Waals surface area contributed by atoms with Gasteiger partial charge < -0.3 is 9.88 Å². The minimum absolute atomic E-state index is 0.0298. The molecule has 1 N–H and O–H groups in total. The lowest BCUT2D eigenvalue weighted by Gasteiger charge is -2.26. The zero-order valence-electron chi connectivity index (χ0n) is 15.2. The Morgan fingerprint density at radius 2 is 2.11 bits per heavy atom. The summed E-state index contributed by atoms with van der Waals surface area (Å²) in [5, 5.41) is 8.80. The molecule has 2 amide bonds. The van der Waals surface area contributed by atoms with Gasteiger partial charge in [-0.2, -0.15) is 5.10 Å². The molecule has 3 aromatic rings. The Morgan fingerprint density at radius 1 is 1.30 bits per heavy atom. The Labute approximate surface area is 156 Å². The van der Waals surface area contributed by atoms with Crippen LogP contribution in [0.2, 0.25) is 0 Å². The molecule has 27 heavy (non-hydrogen) atoms. The van der Waals surface area contributed by atoms with E-state index in [9.17, 15) is 9.59 Å². The van der Waals surface area contributed by atoms with Gasteiger partial charge in [-0.1, -0.05) is 18.2 Å². The van der Waals surface area contributed by atoms with Crippen molar-refractivity contribution in [1.82, 2.24) is 19.7 Å². The summed E-state index contributed by atoms with van der Waals surface area (Å²) in [4.78, 5) is 26.2. The van der Waals surface area contributed by atoms with Crippen LogP contribution in [0.15, 0.2) is 36.5 Å². The van der Waals surface area contributed by atoms with E-state index >= 15 is 0 Å². The summed E-state index contributed by atoms with van der Waals surface area (Å²) in [6.07, 6.45) is 4.48. The third kappa shape index (κ3) is 2.79. The second-order valence-corrected chi connectivity index (χ2v) is 7.35. The highest BCUT2D eigenvalue weighted by Gasteiger charge is 2.30. The average molecular weight is 363 g/mol. The van der Waals surface area contributed by atoms with Gasteiger partial charge in [0.25, 0.3) is 0 Å². The molecular formula is C20H21N5O2. The van der Waals surface area contributed by atoms with Gasteiger partial charge in [0.15, 0.2) is 0 Å². The van der Waals surface area contributed by atoms with Gasteiger partial charge in [-0.15, -0.1) is 0 Å². The summed E-state index contributed by atoms with van der Waals surface area (Å²) in [5.74, 6) is 0.560. The Kier molecular flexibility index (Phi) is 3.56. The number of fused-ring (bicyclic) bond motifs is 2. The van der Waals surface area contributed by atoms with Crippen molar-refractivity contribution < 1.29 is 9.59 Å². The number of para-hydroxylation sites is 1. The quantitative estimate of drug-likeness (QED) is 0.771. The minimum Gasteiger partial charge on any atom is -0.352 e. The first-order valence-corrected chi connectivity index (χ1v) is 9.32. The maximum Gasteiger partial charge on any atom is 0.240 e. The minimum atomic E-state index is -0.104. The first-order chi connectivity index (χ1) is 13.1. The van der Waals surface area contributed by atoms with Crippen LogP contribution >= 0.6 is 0 Å². The van der Waals surface area contributed by atoms with Gasteiger partial charge in [0.05, 0.1) is 12.2 Å². The number of carbonyl (C=O) groups is 2. The molecule has 0 bridgehead atoms. The Hall–Kier alpha value is -3.09. The molecule has 1 fully saturated rings. The lowest BCUT2D eigenvalue weighted by atomic mass is 10.1. The lowest BCUT2D eigenvalue weighted by molar-refractivity contribution is -0.124. The number of nitrogens with zero attached hydrogens (tertiary/aromatic N) is 4. The molecule has 3 heterocycles. The van der Waals surface area contributed by atoms with Gasteiger partial charge >= 0.3 is 0 Å². The molecule has 5 rings (SSSR count). The highest BCUT2D eigenvalue weighted by molar-refractivity contribution is 6.00. The normalized spacial score (nSPS) is 16.6. The second-order valence-electron chi connectivity index (χ2n) is 7.35. The first-order valence-electron chi connectivity index (χ1n) is 9.32. The Morgan fingerprint density at radius 3 is 2.93 bits per heavy atom. The SMILES string of the molecule is Cn1cc(-c2cc3n(n2)CCC(=O)N3CC(=O)NC2CC2)c2ccccc21. The summed E-state index contributed by atoms with van der Waals surface area (Å²) in [7, 11) is 2.01. The fourth-order valence-corrected chi connectivity index (χ4v) is 3.74. The molecule has 0 radical (unpaired) electrons. The standard InChI is InChI=1S/C20H21N5O2/c1-23-11-15(14-4-2-3-5-17(14)23)16-10-19-24(12-18(26)21-13-6-7-13)20(27)8-9-25(19)22-16/h2-5,10-11,13H,6-9,12H2,1H3,(H,21,26). The molecule has 1 aliphatic heterocycles. The third-order valence-electron chi connectivity index (χ3n) is 5.29. The van der Waals surface area contributed by atoms with Crippen LogP contribution < -0.4 is 10.2 Å². The second kappa shape index (κ2) is 5.97. The zero-order chi connectivity index (χ0) is 18.5. The van der Waals surface area contributed by atoms with Gasteiger partial charge in [-0.05, 0) is 18.9 Å². The van der Waals surface area contributed by atoms with Crippen LogP contribution in [0.4, 0.5) is 5.82 Å².